The summed E-state index contributed by atoms with van der Waals surface area (Å²) >= 11 is 6.50. The van der Waals surface area contributed by atoms with Crippen LogP contribution in [0, 0.1) is 17.8 Å². The van der Waals surface area contributed by atoms with Crippen LogP contribution in [0.5, 0.6) is 11.6 Å². The van der Waals surface area contributed by atoms with Crippen LogP contribution in [0.3, 0.4) is 0 Å². The second kappa shape index (κ2) is 20.6. The van der Waals surface area contributed by atoms with Crippen molar-refractivity contribution in [1.82, 2.24) is 14.5 Å². The lowest BCUT2D eigenvalue weighted by atomic mass is 9.68. The Morgan fingerprint density at radius 3 is 2.53 bits per heavy atom. The molecule has 2 bridgehead atoms. The Kier molecular flexibility index (Phi) is 15.3. The van der Waals surface area contributed by atoms with Crippen LogP contribution in [-0.2, 0) is 52.5 Å². The standard InChI is InChI=1S/C45H60ClN5O10S/c1-30-27-62(54,49-43(53)36-26-50(2)47-44(36)57-5)48-42(52)32-9-13-41-38(24-32)51(28-45(29-61-41)16-6-7-31-23-34(46)10-12-37(31)45)25-33-8-11-35(33)40(56-4)15-14-39(30)60-22-21-59-20-19-58-18-17-55-3/h9-10,12-15,23-24,26,30,33,35,39-40H,6-8,11,16-22,25,27-29H2,1-5H3,(H,48,49,52,53,54)/b15-14+/t30-,33+,35-,39+,40+,45+,62?/m1/s1. The molecule has 17 heteroatoms. The minimum absolute atomic E-state index is 0.0426. The minimum atomic E-state index is -3.81. The van der Waals surface area contributed by atoms with Crippen molar-refractivity contribution >= 4 is 39.0 Å². The SMILES string of the molecule is COCCOCCOCCO[C@H]1/C=C/[C@H](OC)[C@@H]2CC[C@H]2CN2C[C@@]3(CCCc4cc(Cl)ccc43)COc3ccc(cc32)C(=O)N=S(=O)(NC(=O)c2cn(C)nc2OC)C[C@H]1C. The summed E-state index contributed by atoms with van der Waals surface area (Å²) in [5, 5.41) is 4.90. The van der Waals surface area contributed by atoms with Gasteiger partial charge in [-0.2, -0.15) is 0 Å². The Balaban J connectivity index is 1.25. The fourth-order valence-electron chi connectivity index (χ4n) is 9.23. The van der Waals surface area contributed by atoms with Crippen LogP contribution in [0.2, 0.25) is 5.02 Å². The number of ether oxygens (including phenoxy) is 7. The number of rotatable bonds is 14. The normalized spacial score (nSPS) is 27.8. The maximum atomic E-state index is 15.1. The molecule has 2 amide bonds. The highest BCUT2D eigenvalue weighted by molar-refractivity contribution is 7.92. The van der Waals surface area contributed by atoms with Gasteiger partial charge < -0.3 is 38.1 Å². The van der Waals surface area contributed by atoms with Crippen LogP contribution in [0.15, 0.2) is 59.1 Å². The molecule has 1 saturated carbocycles. The Morgan fingerprint density at radius 2 is 1.79 bits per heavy atom. The van der Waals surface area contributed by atoms with Crippen LogP contribution in [0.25, 0.3) is 0 Å². The number of hydrogen-bond acceptors (Lipinski definition) is 12. The number of anilines is 1. The van der Waals surface area contributed by atoms with Gasteiger partial charge in [-0.15, -0.1) is 9.46 Å². The molecule has 1 aromatic heterocycles. The summed E-state index contributed by atoms with van der Waals surface area (Å²) in [5.41, 5.74) is 3.20. The van der Waals surface area contributed by atoms with Gasteiger partial charge in [-0.25, -0.2) is 4.21 Å². The van der Waals surface area contributed by atoms with E-state index in [0.29, 0.717) is 56.9 Å². The van der Waals surface area contributed by atoms with Crippen molar-refractivity contribution in [2.75, 3.05) is 91.3 Å². The second-order valence-electron chi connectivity index (χ2n) is 16.8. The number of carbonyl (C=O) groups excluding carboxylic acids is 2. The zero-order valence-electron chi connectivity index (χ0n) is 36.3. The number of amides is 2. The third-order valence-corrected chi connectivity index (χ3v) is 14.7. The van der Waals surface area contributed by atoms with E-state index in [2.05, 4.69) is 31.2 Å². The quantitative estimate of drug-likeness (QED) is 0.153. The van der Waals surface area contributed by atoms with E-state index in [9.17, 15) is 9.59 Å². The van der Waals surface area contributed by atoms with Crippen LogP contribution in [-0.4, -0.2) is 124 Å². The summed E-state index contributed by atoms with van der Waals surface area (Å²) in [6, 6.07) is 11.4. The zero-order chi connectivity index (χ0) is 43.9. The molecule has 0 radical (unpaired) electrons. The molecule has 4 aliphatic rings. The summed E-state index contributed by atoms with van der Waals surface area (Å²) in [6.07, 6.45) is 9.48. The Bertz CT molecular complexity index is 2210. The number of fused-ring (bicyclic) bond motifs is 4. The van der Waals surface area contributed by atoms with Crippen molar-refractivity contribution in [2.24, 2.45) is 29.2 Å². The number of nitrogens with one attached hydrogen (secondary N) is 1. The van der Waals surface area contributed by atoms with E-state index in [4.69, 9.17) is 44.8 Å². The molecular weight excluding hydrogens is 838 g/mol. The molecule has 62 heavy (non-hydrogen) atoms. The lowest BCUT2D eigenvalue weighted by Crippen LogP contribution is -2.49. The highest BCUT2D eigenvalue weighted by Gasteiger charge is 2.44. The fourth-order valence-corrected chi connectivity index (χ4v) is 11.3. The van der Waals surface area contributed by atoms with Gasteiger partial charge in [0.05, 0.1) is 77.0 Å². The molecule has 3 heterocycles. The maximum absolute atomic E-state index is 15.1. The summed E-state index contributed by atoms with van der Waals surface area (Å²) in [7, 11) is 2.57. The summed E-state index contributed by atoms with van der Waals surface area (Å²) in [6.45, 7) is 5.97. The summed E-state index contributed by atoms with van der Waals surface area (Å²) < 4.78 is 64.5. The number of methoxy groups -OCH3 is 3. The molecular formula is C45H60ClN5O10S. The molecule has 7 rings (SSSR count). The average Bonchev–Trinajstić information content (AvgIpc) is 3.56. The number of aromatic nitrogens is 2. The molecule has 2 aromatic carbocycles. The molecule has 2 aliphatic heterocycles. The predicted molar refractivity (Wildman–Crippen MR) is 236 cm³/mol. The van der Waals surface area contributed by atoms with Crippen molar-refractivity contribution in [3.8, 4) is 11.6 Å². The van der Waals surface area contributed by atoms with Gasteiger partial charge in [0.15, 0.2) is 0 Å². The first-order chi connectivity index (χ1) is 29.9. The Labute approximate surface area is 370 Å². The topological polar surface area (TPSA) is 161 Å². The summed E-state index contributed by atoms with van der Waals surface area (Å²) in [4.78, 5) is 30.6. The number of hydrogen-bond donors (Lipinski definition) is 1. The molecule has 7 atom stereocenters. The zero-order valence-corrected chi connectivity index (χ0v) is 37.9. The number of benzene rings is 2. The van der Waals surface area contributed by atoms with Crippen LogP contribution in [0.4, 0.5) is 5.69 Å². The Hall–Kier alpha value is -4.03. The highest BCUT2D eigenvalue weighted by Crippen LogP contribution is 2.47. The van der Waals surface area contributed by atoms with E-state index in [1.54, 1.807) is 39.5 Å². The first-order valence-electron chi connectivity index (χ1n) is 21.4. The first kappa shape index (κ1) is 46.0. The molecule has 0 saturated heterocycles. The van der Waals surface area contributed by atoms with E-state index in [1.165, 1.54) is 29.1 Å². The summed E-state index contributed by atoms with van der Waals surface area (Å²) in [5.74, 6) is -1.01. The second-order valence-corrected chi connectivity index (χ2v) is 19.2. The maximum Gasteiger partial charge on any atom is 0.286 e. The largest absolute Gasteiger partial charge is 0.490 e. The van der Waals surface area contributed by atoms with Crippen LogP contribution < -0.4 is 19.1 Å². The fraction of sp³-hybridized carbons (Fsp3) is 0.578. The number of carbonyl (C=O) groups is 2. The smallest absolute Gasteiger partial charge is 0.286 e. The Morgan fingerprint density at radius 1 is 1.02 bits per heavy atom. The predicted octanol–water partition coefficient (Wildman–Crippen LogP) is 5.82. The lowest BCUT2D eigenvalue weighted by Gasteiger charge is -2.46. The van der Waals surface area contributed by atoms with Gasteiger partial charge in [0.2, 0.25) is 5.88 Å². The van der Waals surface area contributed by atoms with E-state index in [-0.39, 0.29) is 59.3 Å². The first-order valence-corrected chi connectivity index (χ1v) is 23.5. The molecule has 1 N–H and O–H groups in total. The lowest BCUT2D eigenvalue weighted by molar-refractivity contribution is -0.0158. The van der Waals surface area contributed by atoms with Crippen molar-refractivity contribution < 1.29 is 47.0 Å². The van der Waals surface area contributed by atoms with Crippen molar-refractivity contribution in [2.45, 2.75) is 56.7 Å². The van der Waals surface area contributed by atoms with E-state index >= 15 is 4.21 Å². The van der Waals surface area contributed by atoms with Gasteiger partial charge >= 0.3 is 0 Å². The molecule has 3 aromatic rings. The number of halogens is 1. The highest BCUT2D eigenvalue weighted by atomic mass is 35.5. The molecule has 1 unspecified atom stereocenters. The number of nitrogens with zero attached hydrogens (tertiary/aromatic N) is 4. The molecule has 1 fully saturated rings. The van der Waals surface area contributed by atoms with Gasteiger partial charge in [-0.1, -0.05) is 36.7 Å². The van der Waals surface area contributed by atoms with Gasteiger partial charge in [-0.3, -0.25) is 19.0 Å². The van der Waals surface area contributed by atoms with Crippen LogP contribution in [0.1, 0.15) is 64.4 Å². The van der Waals surface area contributed by atoms with Gasteiger partial charge in [-0.05, 0) is 85.4 Å². The number of aryl methyl sites for hydroxylation is 2. The van der Waals surface area contributed by atoms with Crippen molar-refractivity contribution in [1.29, 1.82) is 0 Å². The minimum Gasteiger partial charge on any atom is -0.490 e. The third-order valence-electron chi connectivity index (χ3n) is 12.5. The molecule has 338 valence electrons. The molecule has 2 aliphatic carbocycles. The molecule has 15 nitrogen and oxygen atoms in total. The van der Waals surface area contributed by atoms with Crippen LogP contribution >= 0.6 is 11.6 Å². The van der Waals surface area contributed by atoms with Gasteiger partial charge in [0.1, 0.15) is 21.2 Å². The van der Waals surface area contributed by atoms with Gasteiger partial charge in [0, 0.05) is 62.5 Å². The van der Waals surface area contributed by atoms with Crippen molar-refractivity contribution in [3.63, 3.8) is 0 Å². The average molecular weight is 899 g/mol. The van der Waals surface area contributed by atoms with E-state index < -0.39 is 33.8 Å². The van der Waals surface area contributed by atoms with E-state index in [1.807, 2.05) is 25.1 Å². The molecule has 1 spiro atoms. The van der Waals surface area contributed by atoms with Gasteiger partial charge in [0.25, 0.3) is 11.8 Å². The third kappa shape index (κ3) is 10.7. The monoisotopic (exact) mass is 897 g/mol. The van der Waals surface area contributed by atoms with E-state index in [0.717, 1.165) is 37.8 Å². The van der Waals surface area contributed by atoms with Crippen molar-refractivity contribution in [3.05, 3.63) is 82.0 Å².